The second-order valence-corrected chi connectivity index (χ2v) is 10.5. The molecule has 3 amide bonds. The van der Waals surface area contributed by atoms with Crippen molar-refractivity contribution in [2.24, 2.45) is 0 Å². The fraction of sp³-hybridized carbons (Fsp3) is 0.179. The van der Waals surface area contributed by atoms with E-state index in [1.165, 1.54) is 24.3 Å². The van der Waals surface area contributed by atoms with Gasteiger partial charge in [-0.25, -0.2) is 0 Å². The average molecular weight is 626 g/mol. The first-order valence-corrected chi connectivity index (χ1v) is 13.7. The zero-order chi connectivity index (χ0) is 28.8. The van der Waals surface area contributed by atoms with Crippen molar-refractivity contribution in [1.29, 1.82) is 0 Å². The molecule has 1 aliphatic rings. The number of amides is 3. The van der Waals surface area contributed by atoms with Crippen LogP contribution in [0.4, 0.5) is 16.2 Å². The van der Waals surface area contributed by atoms with Gasteiger partial charge in [0.05, 0.1) is 27.5 Å². The lowest BCUT2D eigenvalue weighted by Gasteiger charge is -2.15. The number of thioether (sulfide) groups is 1. The molecule has 0 saturated carbocycles. The van der Waals surface area contributed by atoms with Crippen molar-refractivity contribution in [2.45, 2.75) is 20.4 Å². The lowest BCUT2D eigenvalue weighted by molar-refractivity contribution is -0.385. The Kier molecular flexibility index (Phi) is 9.22. The highest BCUT2D eigenvalue weighted by molar-refractivity contribution is 9.10. The summed E-state index contributed by atoms with van der Waals surface area (Å²) in [5.41, 5.74) is 2.30. The first-order valence-electron chi connectivity index (χ1n) is 12.1. The van der Waals surface area contributed by atoms with Crippen LogP contribution in [0.1, 0.15) is 23.6 Å². The van der Waals surface area contributed by atoms with Crippen LogP contribution in [-0.2, 0) is 16.1 Å². The molecule has 1 heterocycles. The van der Waals surface area contributed by atoms with Crippen molar-refractivity contribution >= 4 is 62.2 Å². The minimum absolute atomic E-state index is 0.157. The second kappa shape index (κ2) is 12.8. The number of nitro benzene ring substituents is 1. The Bertz CT molecular complexity index is 1530. The molecular formula is C28H24BrN3O7S. The summed E-state index contributed by atoms with van der Waals surface area (Å²) < 4.78 is 12.0. The maximum absolute atomic E-state index is 13.1. The van der Waals surface area contributed by atoms with E-state index >= 15 is 0 Å². The number of aryl methyl sites for hydroxylation is 1. The third-order valence-corrected chi connectivity index (χ3v) is 7.17. The van der Waals surface area contributed by atoms with Crippen LogP contribution in [0.2, 0.25) is 0 Å². The molecule has 0 bridgehead atoms. The summed E-state index contributed by atoms with van der Waals surface area (Å²) in [5, 5.41) is 13.6. The van der Waals surface area contributed by atoms with Crippen LogP contribution in [0.5, 0.6) is 11.5 Å². The fourth-order valence-electron chi connectivity index (χ4n) is 3.91. The van der Waals surface area contributed by atoms with Crippen LogP contribution in [-0.4, -0.2) is 40.1 Å². The molecule has 0 spiro atoms. The van der Waals surface area contributed by atoms with Crippen molar-refractivity contribution in [3.63, 3.8) is 0 Å². The van der Waals surface area contributed by atoms with Crippen LogP contribution in [0.3, 0.4) is 0 Å². The number of hydrogen-bond donors (Lipinski definition) is 1. The van der Waals surface area contributed by atoms with E-state index in [2.05, 4.69) is 21.2 Å². The molecule has 1 aliphatic heterocycles. The van der Waals surface area contributed by atoms with Crippen LogP contribution < -0.4 is 14.8 Å². The molecule has 3 aromatic carbocycles. The van der Waals surface area contributed by atoms with Crippen molar-refractivity contribution in [2.75, 3.05) is 18.5 Å². The molecule has 0 atom stereocenters. The number of carbonyl (C=O) groups excluding carboxylic acids is 3. The Labute approximate surface area is 242 Å². The number of nitrogens with one attached hydrogen (secondary N) is 1. The number of rotatable bonds is 10. The van der Waals surface area contributed by atoms with Gasteiger partial charge in [-0.1, -0.05) is 30.3 Å². The Hall–Kier alpha value is -4.16. The predicted octanol–water partition coefficient (Wildman–Crippen LogP) is 6.32. The van der Waals surface area contributed by atoms with E-state index in [4.69, 9.17) is 9.47 Å². The first kappa shape index (κ1) is 28.8. The van der Waals surface area contributed by atoms with Gasteiger partial charge >= 0.3 is 0 Å². The summed E-state index contributed by atoms with van der Waals surface area (Å²) >= 11 is 4.19. The molecule has 1 saturated heterocycles. The standard InChI is InChI=1S/C28H24BrN3O7S/c1-3-38-23-13-18(12-21(29)26(23)39-16-25(33)30-20-9-6-7-17(2)11-20)14-24-27(34)31(28(35)40-24)15-19-8-4-5-10-22(19)32(36)37/h4-14H,3,15-16H2,1-2H3,(H,30,33)/b24-14-. The molecule has 10 nitrogen and oxygen atoms in total. The summed E-state index contributed by atoms with van der Waals surface area (Å²) in [6.45, 7) is 3.55. The number of ether oxygens (including phenoxy) is 2. The average Bonchev–Trinajstić information content (AvgIpc) is 3.16. The van der Waals surface area contributed by atoms with Gasteiger partial charge in [-0.2, -0.15) is 0 Å². The molecule has 206 valence electrons. The lowest BCUT2D eigenvalue weighted by atomic mass is 10.1. The van der Waals surface area contributed by atoms with Gasteiger partial charge in [0.2, 0.25) is 0 Å². The molecule has 1 fully saturated rings. The summed E-state index contributed by atoms with van der Waals surface area (Å²) in [6.07, 6.45) is 1.53. The maximum Gasteiger partial charge on any atom is 0.293 e. The molecule has 40 heavy (non-hydrogen) atoms. The summed E-state index contributed by atoms with van der Waals surface area (Å²) in [6, 6.07) is 16.7. The van der Waals surface area contributed by atoms with E-state index in [-0.39, 0.29) is 35.2 Å². The zero-order valence-electron chi connectivity index (χ0n) is 21.5. The quantitative estimate of drug-likeness (QED) is 0.157. The number of nitrogens with zero attached hydrogens (tertiary/aromatic N) is 2. The van der Waals surface area contributed by atoms with Gasteiger partial charge < -0.3 is 14.8 Å². The highest BCUT2D eigenvalue weighted by Crippen LogP contribution is 2.40. The summed E-state index contributed by atoms with van der Waals surface area (Å²) in [7, 11) is 0. The van der Waals surface area contributed by atoms with E-state index in [0.29, 0.717) is 33.8 Å². The van der Waals surface area contributed by atoms with E-state index in [1.807, 2.05) is 25.1 Å². The van der Waals surface area contributed by atoms with Crippen molar-refractivity contribution in [1.82, 2.24) is 4.90 Å². The first-order chi connectivity index (χ1) is 19.2. The predicted molar refractivity (Wildman–Crippen MR) is 155 cm³/mol. The third kappa shape index (κ3) is 6.88. The smallest absolute Gasteiger partial charge is 0.293 e. The number of nitro groups is 1. The van der Waals surface area contributed by atoms with Crippen LogP contribution in [0.25, 0.3) is 6.08 Å². The Morgan fingerprint density at radius 1 is 1.12 bits per heavy atom. The molecule has 4 rings (SSSR count). The van der Waals surface area contributed by atoms with Gasteiger partial charge in [0, 0.05) is 17.3 Å². The van der Waals surface area contributed by atoms with Gasteiger partial charge in [-0.15, -0.1) is 0 Å². The molecule has 0 aliphatic carbocycles. The highest BCUT2D eigenvalue weighted by Gasteiger charge is 2.36. The summed E-state index contributed by atoms with van der Waals surface area (Å²) in [5.74, 6) is -0.264. The number of imide groups is 1. The molecule has 0 unspecified atom stereocenters. The summed E-state index contributed by atoms with van der Waals surface area (Å²) in [4.78, 5) is 50.0. The lowest BCUT2D eigenvalue weighted by Crippen LogP contribution is -2.27. The third-order valence-electron chi connectivity index (χ3n) is 5.67. The van der Waals surface area contributed by atoms with Crippen LogP contribution in [0.15, 0.2) is 70.0 Å². The van der Waals surface area contributed by atoms with Gasteiger partial charge in [0.15, 0.2) is 18.1 Å². The maximum atomic E-state index is 13.1. The topological polar surface area (TPSA) is 128 Å². The molecule has 12 heteroatoms. The van der Waals surface area contributed by atoms with Crippen molar-refractivity contribution in [3.05, 3.63) is 96.8 Å². The molecular weight excluding hydrogens is 602 g/mol. The molecule has 0 radical (unpaired) electrons. The van der Waals surface area contributed by atoms with E-state index in [0.717, 1.165) is 22.2 Å². The number of carbonyl (C=O) groups is 3. The highest BCUT2D eigenvalue weighted by atomic mass is 79.9. The van der Waals surface area contributed by atoms with Crippen LogP contribution in [0, 0.1) is 17.0 Å². The van der Waals surface area contributed by atoms with Crippen molar-refractivity contribution in [3.8, 4) is 11.5 Å². The normalized spacial score (nSPS) is 14.0. The molecule has 0 aromatic heterocycles. The van der Waals surface area contributed by atoms with Gasteiger partial charge in [0.1, 0.15) is 0 Å². The van der Waals surface area contributed by atoms with Gasteiger partial charge in [0.25, 0.3) is 22.7 Å². The Morgan fingerprint density at radius 2 is 1.90 bits per heavy atom. The van der Waals surface area contributed by atoms with Gasteiger partial charge in [-0.3, -0.25) is 29.4 Å². The zero-order valence-corrected chi connectivity index (χ0v) is 23.9. The molecule has 1 N–H and O–H groups in total. The number of hydrogen-bond acceptors (Lipinski definition) is 8. The van der Waals surface area contributed by atoms with E-state index in [9.17, 15) is 24.5 Å². The number of halogens is 1. The monoisotopic (exact) mass is 625 g/mol. The Balaban J connectivity index is 1.51. The second-order valence-electron chi connectivity index (χ2n) is 8.62. The SMILES string of the molecule is CCOc1cc(/C=C2\SC(=O)N(Cc3ccccc3[N+](=O)[O-])C2=O)cc(Br)c1OCC(=O)Nc1cccc(C)c1. The minimum atomic E-state index is -0.560. The minimum Gasteiger partial charge on any atom is -0.490 e. The van der Waals surface area contributed by atoms with Gasteiger partial charge in [-0.05, 0) is 83.0 Å². The van der Waals surface area contributed by atoms with E-state index < -0.39 is 16.1 Å². The number of benzene rings is 3. The molecule has 3 aromatic rings. The Morgan fingerprint density at radius 3 is 2.62 bits per heavy atom. The largest absolute Gasteiger partial charge is 0.490 e. The van der Waals surface area contributed by atoms with Crippen molar-refractivity contribution < 1.29 is 28.8 Å². The number of para-hydroxylation sites is 1. The fourth-order valence-corrected chi connectivity index (χ4v) is 5.33. The number of anilines is 1. The van der Waals surface area contributed by atoms with E-state index in [1.54, 1.807) is 31.2 Å². The van der Waals surface area contributed by atoms with Crippen LogP contribution >= 0.6 is 27.7 Å².